The van der Waals surface area contributed by atoms with E-state index in [1.165, 1.54) is 32.2 Å². The van der Waals surface area contributed by atoms with E-state index in [0.717, 1.165) is 0 Å². The quantitative estimate of drug-likeness (QED) is 0.559. The van der Waals surface area contributed by atoms with Crippen molar-refractivity contribution in [3.63, 3.8) is 0 Å². The standard InChI is InChI=1S/C14H17Cl2N3O6S/c1-8(13(21)19-14(22)17-2)25-11(20)6-7-18-26(23,24)12-9(15)4-3-5-10(12)16/h3-5,8,18H,6-7H2,1-2H3,(H2,17,19,21,22). The number of ether oxygens (including phenoxy) is 1. The topological polar surface area (TPSA) is 131 Å². The van der Waals surface area contributed by atoms with Crippen molar-refractivity contribution >= 4 is 51.1 Å². The lowest BCUT2D eigenvalue weighted by Gasteiger charge is -2.13. The number of esters is 1. The maximum atomic E-state index is 12.2. The zero-order valence-corrected chi connectivity index (χ0v) is 16.2. The first-order chi connectivity index (χ1) is 12.1. The van der Waals surface area contributed by atoms with E-state index in [1.54, 1.807) is 0 Å². The van der Waals surface area contributed by atoms with Crippen molar-refractivity contribution in [3.8, 4) is 0 Å². The van der Waals surface area contributed by atoms with Gasteiger partial charge < -0.3 is 10.1 Å². The second kappa shape index (κ2) is 9.72. The summed E-state index contributed by atoms with van der Waals surface area (Å²) < 4.78 is 31.4. The lowest BCUT2D eigenvalue weighted by molar-refractivity contribution is -0.154. The molecule has 26 heavy (non-hydrogen) atoms. The fourth-order valence-corrected chi connectivity index (χ4v) is 3.86. The van der Waals surface area contributed by atoms with Crippen molar-refractivity contribution in [2.75, 3.05) is 13.6 Å². The van der Waals surface area contributed by atoms with Gasteiger partial charge in [0.2, 0.25) is 10.0 Å². The number of urea groups is 1. The number of benzene rings is 1. The molecule has 3 amide bonds. The Morgan fingerprint density at radius 1 is 1.19 bits per heavy atom. The minimum absolute atomic E-state index is 0.0629. The minimum Gasteiger partial charge on any atom is -0.452 e. The molecule has 0 bridgehead atoms. The van der Waals surface area contributed by atoms with Gasteiger partial charge in [-0.3, -0.25) is 14.9 Å². The third-order valence-corrected chi connectivity index (χ3v) is 5.37. The predicted octanol–water partition coefficient (Wildman–Crippen LogP) is 1.05. The molecule has 0 aliphatic carbocycles. The number of nitrogens with one attached hydrogen (secondary N) is 3. The highest BCUT2D eigenvalue weighted by Gasteiger charge is 2.23. The maximum Gasteiger partial charge on any atom is 0.321 e. The second-order valence-electron chi connectivity index (χ2n) is 4.90. The summed E-state index contributed by atoms with van der Waals surface area (Å²) in [7, 11) is -2.72. The number of imide groups is 1. The molecule has 1 atom stereocenters. The first-order valence-corrected chi connectivity index (χ1v) is 9.48. The molecule has 1 unspecified atom stereocenters. The van der Waals surface area contributed by atoms with Gasteiger partial charge in [0.25, 0.3) is 5.91 Å². The molecule has 0 aliphatic heterocycles. The molecule has 0 aromatic heterocycles. The molecule has 9 nitrogen and oxygen atoms in total. The Hall–Kier alpha value is -1.88. The number of carbonyl (C=O) groups excluding carboxylic acids is 3. The number of carbonyl (C=O) groups is 3. The summed E-state index contributed by atoms with van der Waals surface area (Å²) in [5.74, 6) is -1.65. The van der Waals surface area contributed by atoms with E-state index in [-0.39, 0.29) is 27.9 Å². The van der Waals surface area contributed by atoms with Gasteiger partial charge in [-0.15, -0.1) is 0 Å². The molecule has 1 aromatic carbocycles. The molecule has 144 valence electrons. The molecule has 0 heterocycles. The highest BCUT2D eigenvalue weighted by atomic mass is 35.5. The summed E-state index contributed by atoms with van der Waals surface area (Å²) in [6, 6.07) is 3.47. The van der Waals surface area contributed by atoms with Crippen LogP contribution >= 0.6 is 23.2 Å². The van der Waals surface area contributed by atoms with E-state index in [0.29, 0.717) is 0 Å². The van der Waals surface area contributed by atoms with Crippen LogP contribution in [0.1, 0.15) is 13.3 Å². The largest absolute Gasteiger partial charge is 0.452 e. The third kappa shape index (κ3) is 6.45. The summed E-state index contributed by atoms with van der Waals surface area (Å²) >= 11 is 11.7. The van der Waals surface area contributed by atoms with Crippen molar-refractivity contribution in [1.29, 1.82) is 0 Å². The highest BCUT2D eigenvalue weighted by molar-refractivity contribution is 7.89. The molecule has 0 spiro atoms. The fraction of sp³-hybridized carbons (Fsp3) is 0.357. The van der Waals surface area contributed by atoms with Gasteiger partial charge >= 0.3 is 12.0 Å². The van der Waals surface area contributed by atoms with Crippen LogP contribution in [0.15, 0.2) is 23.1 Å². The molecule has 0 aliphatic rings. The van der Waals surface area contributed by atoms with Gasteiger partial charge in [0.15, 0.2) is 6.10 Å². The van der Waals surface area contributed by atoms with Crippen molar-refractivity contribution in [1.82, 2.24) is 15.4 Å². The zero-order chi connectivity index (χ0) is 19.9. The molecule has 0 fully saturated rings. The molecule has 12 heteroatoms. The lowest BCUT2D eigenvalue weighted by Crippen LogP contribution is -2.43. The summed E-state index contributed by atoms with van der Waals surface area (Å²) in [5, 5.41) is 3.99. The molecule has 0 saturated carbocycles. The number of hydrogen-bond donors (Lipinski definition) is 3. The van der Waals surface area contributed by atoms with Crippen LogP contribution in [0, 0.1) is 0 Å². The van der Waals surface area contributed by atoms with Gasteiger partial charge in [-0.25, -0.2) is 17.9 Å². The Kier molecular flexibility index (Phi) is 8.28. The van der Waals surface area contributed by atoms with Crippen molar-refractivity contribution < 1.29 is 27.5 Å². The Morgan fingerprint density at radius 3 is 2.31 bits per heavy atom. The van der Waals surface area contributed by atoms with Crippen LogP contribution < -0.4 is 15.4 Å². The van der Waals surface area contributed by atoms with Crippen LogP contribution in [-0.2, 0) is 24.3 Å². The van der Waals surface area contributed by atoms with Crippen LogP contribution in [0.2, 0.25) is 10.0 Å². The molecule has 1 rings (SSSR count). The van der Waals surface area contributed by atoms with Crippen LogP contribution in [0.4, 0.5) is 4.79 Å². The third-order valence-electron chi connectivity index (χ3n) is 2.95. The summed E-state index contributed by atoms with van der Waals surface area (Å²) in [6.45, 7) is 0.969. The van der Waals surface area contributed by atoms with E-state index < -0.39 is 34.0 Å². The van der Waals surface area contributed by atoms with E-state index in [4.69, 9.17) is 27.9 Å². The Morgan fingerprint density at radius 2 is 1.77 bits per heavy atom. The zero-order valence-electron chi connectivity index (χ0n) is 13.8. The highest BCUT2D eigenvalue weighted by Crippen LogP contribution is 2.28. The molecular weight excluding hydrogens is 409 g/mol. The van der Waals surface area contributed by atoms with E-state index >= 15 is 0 Å². The monoisotopic (exact) mass is 425 g/mol. The van der Waals surface area contributed by atoms with Crippen molar-refractivity contribution in [2.45, 2.75) is 24.3 Å². The van der Waals surface area contributed by atoms with Gasteiger partial charge in [-0.1, -0.05) is 29.3 Å². The molecular formula is C14H17Cl2N3O6S. The average Bonchev–Trinajstić information content (AvgIpc) is 2.53. The Balaban J connectivity index is 2.56. The summed E-state index contributed by atoms with van der Waals surface area (Å²) in [5.41, 5.74) is 0. The molecule has 0 radical (unpaired) electrons. The first kappa shape index (κ1) is 22.2. The van der Waals surface area contributed by atoms with Gasteiger partial charge in [0, 0.05) is 13.6 Å². The second-order valence-corrected chi connectivity index (χ2v) is 7.42. The van der Waals surface area contributed by atoms with Crippen molar-refractivity contribution in [2.24, 2.45) is 0 Å². The van der Waals surface area contributed by atoms with Crippen molar-refractivity contribution in [3.05, 3.63) is 28.2 Å². The van der Waals surface area contributed by atoms with E-state index in [2.05, 4.69) is 10.0 Å². The molecule has 1 aromatic rings. The minimum atomic E-state index is -4.04. The smallest absolute Gasteiger partial charge is 0.321 e. The number of hydrogen-bond acceptors (Lipinski definition) is 6. The summed E-state index contributed by atoms with van der Waals surface area (Å²) in [4.78, 5) is 33.9. The van der Waals surface area contributed by atoms with Crippen LogP contribution in [0.5, 0.6) is 0 Å². The van der Waals surface area contributed by atoms with Gasteiger partial charge in [-0.05, 0) is 19.1 Å². The number of sulfonamides is 1. The normalized spacial score (nSPS) is 12.2. The van der Waals surface area contributed by atoms with E-state index in [1.807, 2.05) is 5.32 Å². The number of amides is 3. The van der Waals surface area contributed by atoms with Gasteiger partial charge in [0.05, 0.1) is 16.5 Å². The summed E-state index contributed by atoms with van der Waals surface area (Å²) in [6.07, 6.45) is -1.58. The maximum absolute atomic E-state index is 12.2. The first-order valence-electron chi connectivity index (χ1n) is 7.24. The Bertz CT molecular complexity index is 780. The average molecular weight is 426 g/mol. The lowest BCUT2D eigenvalue weighted by atomic mass is 10.3. The SMILES string of the molecule is CNC(=O)NC(=O)C(C)OC(=O)CCNS(=O)(=O)c1c(Cl)cccc1Cl. The van der Waals surface area contributed by atoms with E-state index in [9.17, 15) is 22.8 Å². The van der Waals surface area contributed by atoms with Gasteiger partial charge in [0.1, 0.15) is 4.90 Å². The molecule has 0 saturated heterocycles. The Labute approximate surface area is 160 Å². The van der Waals surface area contributed by atoms with Crippen LogP contribution in [0.25, 0.3) is 0 Å². The van der Waals surface area contributed by atoms with Crippen LogP contribution in [-0.4, -0.2) is 46.0 Å². The fourth-order valence-electron chi connectivity index (χ4n) is 1.68. The van der Waals surface area contributed by atoms with Gasteiger partial charge in [-0.2, -0.15) is 0 Å². The molecule has 3 N–H and O–H groups in total. The van der Waals surface area contributed by atoms with Crippen LogP contribution in [0.3, 0.4) is 0 Å². The number of rotatable bonds is 7. The number of halogens is 2. The predicted molar refractivity (Wildman–Crippen MR) is 94.4 cm³/mol.